The number of rotatable bonds is 5. The summed E-state index contributed by atoms with van der Waals surface area (Å²) in [5.41, 5.74) is 8.28. The van der Waals surface area contributed by atoms with E-state index in [1.165, 1.54) is 0 Å². The number of carbonyl (C=O) groups excluding carboxylic acids is 2. The van der Waals surface area contributed by atoms with E-state index in [0.29, 0.717) is 31.9 Å². The SMILES string of the molecule is Cc1noc(C)c1CC(=O)N1CCN(Cc2ccccc2)C(C(N)=O)C1. The molecule has 7 heteroatoms. The van der Waals surface area contributed by atoms with E-state index in [4.69, 9.17) is 10.3 Å². The van der Waals surface area contributed by atoms with Gasteiger partial charge in [0.05, 0.1) is 12.1 Å². The molecule has 1 fully saturated rings. The van der Waals surface area contributed by atoms with Crippen LogP contribution in [-0.4, -0.2) is 52.4 Å². The first-order valence-electron chi connectivity index (χ1n) is 8.72. The Kier molecular flexibility index (Phi) is 5.37. The van der Waals surface area contributed by atoms with Crippen LogP contribution >= 0.6 is 0 Å². The van der Waals surface area contributed by atoms with E-state index in [1.54, 1.807) is 11.8 Å². The van der Waals surface area contributed by atoms with Gasteiger partial charge in [0.15, 0.2) is 0 Å². The standard InChI is InChI=1S/C19H24N4O3/c1-13-16(14(2)26-21-13)10-18(24)23-9-8-22(17(12-23)19(20)25)11-15-6-4-3-5-7-15/h3-7,17H,8-12H2,1-2H3,(H2,20,25). The van der Waals surface area contributed by atoms with Gasteiger partial charge in [-0.15, -0.1) is 0 Å². The van der Waals surface area contributed by atoms with Gasteiger partial charge >= 0.3 is 0 Å². The van der Waals surface area contributed by atoms with E-state index in [2.05, 4.69) is 5.16 Å². The van der Waals surface area contributed by atoms with E-state index in [-0.39, 0.29) is 12.3 Å². The van der Waals surface area contributed by atoms with Gasteiger partial charge in [-0.05, 0) is 19.4 Å². The van der Waals surface area contributed by atoms with Crippen molar-refractivity contribution in [2.24, 2.45) is 5.73 Å². The average Bonchev–Trinajstić information content (AvgIpc) is 2.94. The highest BCUT2D eigenvalue weighted by atomic mass is 16.5. The lowest BCUT2D eigenvalue weighted by atomic mass is 10.1. The molecule has 1 aliphatic heterocycles. The summed E-state index contributed by atoms with van der Waals surface area (Å²) < 4.78 is 5.12. The Morgan fingerprint density at radius 2 is 1.96 bits per heavy atom. The van der Waals surface area contributed by atoms with Crippen LogP contribution in [0.1, 0.15) is 22.6 Å². The zero-order valence-corrected chi connectivity index (χ0v) is 15.1. The average molecular weight is 356 g/mol. The summed E-state index contributed by atoms with van der Waals surface area (Å²) in [5.74, 6) is 0.214. The second kappa shape index (κ2) is 7.70. The molecule has 0 aliphatic carbocycles. The van der Waals surface area contributed by atoms with Gasteiger partial charge in [0.1, 0.15) is 11.8 Å². The summed E-state index contributed by atoms with van der Waals surface area (Å²) >= 11 is 0. The molecule has 1 unspecified atom stereocenters. The minimum atomic E-state index is -0.488. The largest absolute Gasteiger partial charge is 0.368 e. The molecule has 1 aromatic carbocycles. The fourth-order valence-corrected chi connectivity index (χ4v) is 3.34. The van der Waals surface area contributed by atoms with Crippen LogP contribution < -0.4 is 5.73 Å². The molecule has 1 atom stereocenters. The molecule has 7 nitrogen and oxygen atoms in total. The minimum absolute atomic E-state index is 0.0370. The number of nitrogens with zero attached hydrogens (tertiary/aromatic N) is 3. The van der Waals surface area contributed by atoms with Crippen LogP contribution in [0.2, 0.25) is 0 Å². The predicted molar refractivity (Wildman–Crippen MR) is 96.1 cm³/mol. The quantitative estimate of drug-likeness (QED) is 0.864. The number of primary amides is 1. The number of hydrogen-bond acceptors (Lipinski definition) is 5. The smallest absolute Gasteiger partial charge is 0.236 e. The molecule has 0 spiro atoms. The van der Waals surface area contributed by atoms with Gasteiger partial charge in [-0.3, -0.25) is 14.5 Å². The third-order valence-electron chi connectivity index (χ3n) is 4.91. The first-order chi connectivity index (χ1) is 12.5. The van der Waals surface area contributed by atoms with Crippen LogP contribution in [0.3, 0.4) is 0 Å². The summed E-state index contributed by atoms with van der Waals surface area (Å²) in [6.45, 7) is 5.75. The van der Waals surface area contributed by atoms with Crippen molar-refractivity contribution in [2.45, 2.75) is 32.9 Å². The Balaban J connectivity index is 1.67. The van der Waals surface area contributed by atoms with E-state index < -0.39 is 11.9 Å². The van der Waals surface area contributed by atoms with E-state index in [0.717, 1.165) is 16.8 Å². The summed E-state index contributed by atoms with van der Waals surface area (Å²) in [6, 6.07) is 9.45. The normalized spacial score (nSPS) is 18.1. The Labute approximate surface area is 152 Å². The lowest BCUT2D eigenvalue weighted by Gasteiger charge is -2.40. The maximum atomic E-state index is 12.7. The van der Waals surface area contributed by atoms with Crippen molar-refractivity contribution in [1.29, 1.82) is 0 Å². The van der Waals surface area contributed by atoms with Gasteiger partial charge in [-0.25, -0.2) is 0 Å². The van der Waals surface area contributed by atoms with Crippen molar-refractivity contribution in [1.82, 2.24) is 15.0 Å². The molecule has 138 valence electrons. The number of aromatic nitrogens is 1. The van der Waals surface area contributed by atoms with Crippen LogP contribution in [0.4, 0.5) is 0 Å². The summed E-state index contributed by atoms with van der Waals surface area (Å²) in [5, 5.41) is 3.89. The number of amides is 2. The van der Waals surface area contributed by atoms with Gasteiger partial charge in [0, 0.05) is 31.7 Å². The second-order valence-corrected chi connectivity index (χ2v) is 6.69. The molecule has 3 rings (SSSR count). The highest BCUT2D eigenvalue weighted by Crippen LogP contribution is 2.18. The number of nitrogens with two attached hydrogens (primary N) is 1. The molecular formula is C19H24N4O3. The molecule has 0 saturated carbocycles. The van der Waals surface area contributed by atoms with Gasteiger partial charge in [-0.2, -0.15) is 0 Å². The Bertz CT molecular complexity index is 768. The highest BCUT2D eigenvalue weighted by molar-refractivity contribution is 5.83. The van der Waals surface area contributed by atoms with E-state index >= 15 is 0 Å². The third-order valence-corrected chi connectivity index (χ3v) is 4.91. The van der Waals surface area contributed by atoms with Crippen LogP contribution in [0, 0.1) is 13.8 Å². The van der Waals surface area contributed by atoms with Gasteiger partial charge in [-0.1, -0.05) is 35.5 Å². The molecule has 1 aliphatic rings. The number of piperazine rings is 1. The number of benzene rings is 1. The minimum Gasteiger partial charge on any atom is -0.368 e. The summed E-state index contributed by atoms with van der Waals surface area (Å²) in [7, 11) is 0. The Morgan fingerprint density at radius 3 is 2.58 bits per heavy atom. The van der Waals surface area contributed by atoms with Gasteiger partial charge in [0.2, 0.25) is 11.8 Å². The van der Waals surface area contributed by atoms with Crippen molar-refractivity contribution in [3.63, 3.8) is 0 Å². The van der Waals surface area contributed by atoms with Crippen LogP contribution in [-0.2, 0) is 22.6 Å². The second-order valence-electron chi connectivity index (χ2n) is 6.69. The van der Waals surface area contributed by atoms with Gasteiger partial charge < -0.3 is 15.2 Å². The highest BCUT2D eigenvalue weighted by Gasteiger charge is 2.33. The first kappa shape index (κ1) is 18.1. The molecule has 1 aromatic heterocycles. The van der Waals surface area contributed by atoms with Crippen molar-refractivity contribution in [2.75, 3.05) is 19.6 Å². The molecular weight excluding hydrogens is 332 g/mol. The van der Waals surface area contributed by atoms with Crippen molar-refractivity contribution in [3.05, 3.63) is 52.9 Å². The first-order valence-corrected chi connectivity index (χ1v) is 8.72. The van der Waals surface area contributed by atoms with Crippen molar-refractivity contribution < 1.29 is 14.1 Å². The predicted octanol–water partition coefficient (Wildman–Crippen LogP) is 1.03. The van der Waals surface area contributed by atoms with E-state index in [9.17, 15) is 9.59 Å². The van der Waals surface area contributed by atoms with Crippen LogP contribution in [0.5, 0.6) is 0 Å². The van der Waals surface area contributed by atoms with Gasteiger partial charge in [0.25, 0.3) is 0 Å². The van der Waals surface area contributed by atoms with E-state index in [1.807, 2.05) is 42.2 Å². The monoisotopic (exact) mass is 356 g/mol. The zero-order chi connectivity index (χ0) is 18.7. The topological polar surface area (TPSA) is 92.7 Å². The zero-order valence-electron chi connectivity index (χ0n) is 15.1. The molecule has 2 N–H and O–H groups in total. The van der Waals surface area contributed by atoms with Crippen LogP contribution in [0.15, 0.2) is 34.9 Å². The third kappa shape index (κ3) is 3.94. The lowest BCUT2D eigenvalue weighted by Crippen LogP contribution is -2.59. The maximum absolute atomic E-state index is 12.7. The molecule has 2 heterocycles. The molecule has 1 saturated heterocycles. The molecule has 0 radical (unpaired) electrons. The maximum Gasteiger partial charge on any atom is 0.236 e. The fourth-order valence-electron chi connectivity index (χ4n) is 3.34. The number of aryl methyl sites for hydroxylation is 2. The molecule has 26 heavy (non-hydrogen) atoms. The molecule has 2 aromatic rings. The lowest BCUT2D eigenvalue weighted by molar-refractivity contribution is -0.136. The summed E-state index contributed by atoms with van der Waals surface area (Å²) in [4.78, 5) is 28.4. The molecule has 0 bridgehead atoms. The van der Waals surface area contributed by atoms with Crippen molar-refractivity contribution >= 4 is 11.8 Å². The number of hydrogen-bond donors (Lipinski definition) is 1. The molecule has 2 amide bonds. The summed E-state index contributed by atoms with van der Waals surface area (Å²) in [6.07, 6.45) is 0.228. The van der Waals surface area contributed by atoms with Crippen LogP contribution in [0.25, 0.3) is 0 Å². The van der Waals surface area contributed by atoms with Crippen molar-refractivity contribution in [3.8, 4) is 0 Å². The number of carbonyl (C=O) groups is 2. The Hall–Kier alpha value is -2.67. The Morgan fingerprint density at radius 1 is 1.23 bits per heavy atom. The fraction of sp³-hybridized carbons (Fsp3) is 0.421.